The average Bonchev–Trinajstić information content (AvgIpc) is 2.26. The van der Waals surface area contributed by atoms with E-state index in [1.807, 2.05) is 13.8 Å². The van der Waals surface area contributed by atoms with Crippen LogP contribution < -0.4 is 5.73 Å². The third-order valence-electron chi connectivity index (χ3n) is 3.59. The molecule has 0 saturated carbocycles. The molecule has 3 nitrogen and oxygen atoms in total. The molecule has 16 heavy (non-hydrogen) atoms. The monoisotopic (exact) mass is 219 g/mol. The summed E-state index contributed by atoms with van der Waals surface area (Å²) in [7, 11) is 0. The van der Waals surface area contributed by atoms with Gasteiger partial charge in [-0.3, -0.25) is 4.79 Å². The Morgan fingerprint density at radius 2 is 1.62 bits per heavy atom. The van der Waals surface area contributed by atoms with Crippen LogP contribution in [-0.2, 0) is 12.8 Å². The molecule has 1 amide bonds. The minimum absolute atomic E-state index is 0.0747. The van der Waals surface area contributed by atoms with Gasteiger partial charge in [-0.15, -0.1) is 0 Å². The molecule has 1 aromatic carbocycles. The minimum Gasteiger partial charge on any atom is -0.507 e. The molecule has 0 fully saturated rings. The van der Waals surface area contributed by atoms with Crippen LogP contribution in [0.1, 0.15) is 45.5 Å². The molecule has 0 spiro atoms. The molecule has 86 valence electrons. The Hall–Kier alpha value is -1.51. The Bertz CT molecular complexity index is 464. The Kier molecular flexibility index (Phi) is 2.62. The van der Waals surface area contributed by atoms with Gasteiger partial charge in [-0.05, 0) is 61.8 Å². The van der Waals surface area contributed by atoms with Crippen molar-refractivity contribution in [1.82, 2.24) is 0 Å². The van der Waals surface area contributed by atoms with Gasteiger partial charge in [0.2, 0.25) is 0 Å². The predicted octanol–water partition coefficient (Wildman–Crippen LogP) is 1.99. The number of hydrogen-bond acceptors (Lipinski definition) is 2. The quantitative estimate of drug-likeness (QED) is 0.758. The van der Waals surface area contributed by atoms with Crippen LogP contribution in [0.15, 0.2) is 0 Å². The fraction of sp³-hybridized carbons (Fsp3) is 0.462. The lowest BCUT2D eigenvalue weighted by molar-refractivity contribution is 0.0997. The molecule has 0 unspecified atom stereocenters. The molecular formula is C13H17NO2. The first-order valence-electron chi connectivity index (χ1n) is 5.67. The molecule has 1 aromatic rings. The molecule has 1 aliphatic carbocycles. The van der Waals surface area contributed by atoms with Gasteiger partial charge in [-0.2, -0.15) is 0 Å². The Balaban J connectivity index is 2.75. The van der Waals surface area contributed by atoms with Crippen LogP contribution in [-0.4, -0.2) is 11.0 Å². The number of phenols is 1. The molecule has 0 aromatic heterocycles. The largest absolute Gasteiger partial charge is 0.507 e. The highest BCUT2D eigenvalue weighted by molar-refractivity contribution is 5.98. The molecule has 0 aliphatic heterocycles. The normalized spacial score (nSPS) is 14.6. The van der Waals surface area contributed by atoms with Crippen molar-refractivity contribution in [1.29, 1.82) is 0 Å². The topological polar surface area (TPSA) is 63.3 Å². The summed E-state index contributed by atoms with van der Waals surface area (Å²) >= 11 is 0. The number of benzene rings is 1. The summed E-state index contributed by atoms with van der Waals surface area (Å²) in [6.07, 6.45) is 4.29. The van der Waals surface area contributed by atoms with Gasteiger partial charge in [0.25, 0.3) is 5.91 Å². The highest BCUT2D eigenvalue weighted by Crippen LogP contribution is 2.36. The number of aromatic hydroxyl groups is 1. The summed E-state index contributed by atoms with van der Waals surface area (Å²) in [4.78, 5) is 11.3. The molecule has 2 rings (SSSR count). The van der Waals surface area contributed by atoms with Gasteiger partial charge in [-0.25, -0.2) is 0 Å². The van der Waals surface area contributed by atoms with Gasteiger partial charge in [0.05, 0.1) is 5.56 Å². The van der Waals surface area contributed by atoms with E-state index in [-0.39, 0.29) is 5.75 Å². The van der Waals surface area contributed by atoms with Crippen LogP contribution >= 0.6 is 0 Å². The summed E-state index contributed by atoms with van der Waals surface area (Å²) in [5.41, 5.74) is 9.75. The van der Waals surface area contributed by atoms with Gasteiger partial charge in [0.15, 0.2) is 0 Å². The smallest absolute Gasteiger partial charge is 0.252 e. The van der Waals surface area contributed by atoms with Gasteiger partial charge in [-0.1, -0.05) is 0 Å². The average molecular weight is 219 g/mol. The minimum atomic E-state index is -0.536. The predicted molar refractivity (Wildman–Crippen MR) is 62.7 cm³/mol. The molecule has 0 atom stereocenters. The van der Waals surface area contributed by atoms with E-state index in [4.69, 9.17) is 5.73 Å². The number of nitrogens with two attached hydrogens (primary N) is 1. The van der Waals surface area contributed by atoms with Crippen LogP contribution in [0.4, 0.5) is 0 Å². The van der Waals surface area contributed by atoms with Crippen molar-refractivity contribution in [2.24, 2.45) is 5.73 Å². The summed E-state index contributed by atoms with van der Waals surface area (Å²) in [5, 5.41) is 10.0. The van der Waals surface area contributed by atoms with Gasteiger partial charge < -0.3 is 10.8 Å². The third kappa shape index (κ3) is 1.47. The zero-order valence-electron chi connectivity index (χ0n) is 9.76. The van der Waals surface area contributed by atoms with Gasteiger partial charge in [0, 0.05) is 0 Å². The molecule has 0 bridgehead atoms. The molecule has 0 saturated heterocycles. The Morgan fingerprint density at radius 1 is 1.12 bits per heavy atom. The fourth-order valence-corrected chi connectivity index (χ4v) is 2.69. The van der Waals surface area contributed by atoms with E-state index in [9.17, 15) is 9.90 Å². The second-order valence-corrected chi connectivity index (χ2v) is 4.50. The highest BCUT2D eigenvalue weighted by Gasteiger charge is 2.23. The lowest BCUT2D eigenvalue weighted by Gasteiger charge is -2.23. The number of fused-ring (bicyclic) bond motifs is 1. The maximum Gasteiger partial charge on any atom is 0.252 e. The first-order valence-corrected chi connectivity index (χ1v) is 5.67. The van der Waals surface area contributed by atoms with Crippen molar-refractivity contribution in [3.05, 3.63) is 27.8 Å². The number of carbonyl (C=O) groups excluding carboxylic acids is 1. The number of hydrogen-bond donors (Lipinski definition) is 2. The molecule has 3 heteroatoms. The van der Waals surface area contributed by atoms with Crippen molar-refractivity contribution >= 4 is 5.91 Å². The Morgan fingerprint density at radius 3 is 2.12 bits per heavy atom. The van der Waals surface area contributed by atoms with Crippen molar-refractivity contribution in [3.63, 3.8) is 0 Å². The second kappa shape index (κ2) is 3.81. The third-order valence-corrected chi connectivity index (χ3v) is 3.59. The Labute approximate surface area is 95.3 Å². The van der Waals surface area contributed by atoms with E-state index < -0.39 is 5.91 Å². The summed E-state index contributed by atoms with van der Waals surface area (Å²) in [6.45, 7) is 3.74. The van der Waals surface area contributed by atoms with E-state index >= 15 is 0 Å². The SMILES string of the molecule is Cc1c(O)c(C(N)=O)c(C)c2c1CCCC2. The summed E-state index contributed by atoms with van der Waals surface area (Å²) < 4.78 is 0. The van der Waals surface area contributed by atoms with Crippen molar-refractivity contribution in [2.45, 2.75) is 39.5 Å². The van der Waals surface area contributed by atoms with E-state index in [2.05, 4.69) is 0 Å². The van der Waals surface area contributed by atoms with Crippen LogP contribution in [0.2, 0.25) is 0 Å². The highest BCUT2D eigenvalue weighted by atomic mass is 16.3. The number of rotatable bonds is 1. The standard InChI is InChI=1S/C13H17NO2/c1-7-9-5-3-4-6-10(9)8(2)12(15)11(7)13(14)16/h15H,3-6H2,1-2H3,(H2,14,16). The first kappa shape index (κ1) is 11.0. The van der Waals surface area contributed by atoms with E-state index in [1.54, 1.807) is 0 Å². The number of carbonyl (C=O) groups is 1. The summed E-state index contributed by atoms with van der Waals surface area (Å²) in [5.74, 6) is -0.461. The lowest BCUT2D eigenvalue weighted by atomic mass is 9.83. The van der Waals surface area contributed by atoms with Gasteiger partial charge in [0.1, 0.15) is 5.75 Å². The van der Waals surface area contributed by atoms with Crippen LogP contribution in [0.3, 0.4) is 0 Å². The lowest BCUT2D eigenvalue weighted by Crippen LogP contribution is -2.17. The molecule has 0 heterocycles. The van der Waals surface area contributed by atoms with Crippen molar-refractivity contribution in [3.8, 4) is 5.75 Å². The zero-order chi connectivity index (χ0) is 11.9. The second-order valence-electron chi connectivity index (χ2n) is 4.50. The maximum absolute atomic E-state index is 11.3. The van der Waals surface area contributed by atoms with E-state index in [0.29, 0.717) is 5.56 Å². The van der Waals surface area contributed by atoms with E-state index in [1.165, 1.54) is 11.1 Å². The van der Waals surface area contributed by atoms with Crippen LogP contribution in [0.5, 0.6) is 5.75 Å². The fourth-order valence-electron chi connectivity index (χ4n) is 2.69. The zero-order valence-corrected chi connectivity index (χ0v) is 9.76. The van der Waals surface area contributed by atoms with Crippen molar-refractivity contribution < 1.29 is 9.90 Å². The molecule has 3 N–H and O–H groups in total. The van der Waals surface area contributed by atoms with Crippen molar-refractivity contribution in [2.75, 3.05) is 0 Å². The van der Waals surface area contributed by atoms with Gasteiger partial charge >= 0.3 is 0 Å². The van der Waals surface area contributed by atoms with Crippen LogP contribution in [0.25, 0.3) is 0 Å². The maximum atomic E-state index is 11.3. The first-order chi connectivity index (χ1) is 7.54. The summed E-state index contributed by atoms with van der Waals surface area (Å²) in [6, 6.07) is 0. The van der Waals surface area contributed by atoms with E-state index in [0.717, 1.165) is 36.8 Å². The molecule has 1 aliphatic rings. The number of amides is 1. The number of primary amides is 1. The van der Waals surface area contributed by atoms with Crippen LogP contribution in [0, 0.1) is 13.8 Å². The molecular weight excluding hydrogens is 202 g/mol. The molecule has 0 radical (unpaired) electrons.